The van der Waals surface area contributed by atoms with Crippen molar-refractivity contribution in [2.45, 2.75) is 25.7 Å². The number of benzene rings is 3. The fraction of sp³-hybridized carbons (Fsp3) is 0.179. The number of nitrogens with one attached hydrogen (secondary N) is 1. The van der Waals surface area contributed by atoms with Crippen LogP contribution >= 0.6 is 0 Å². The first-order valence-electron chi connectivity index (χ1n) is 11.3. The number of carbonyl (C=O) groups excluding carboxylic acids is 1. The molecule has 180 valence electrons. The fourth-order valence-electron chi connectivity index (χ4n) is 4.23. The van der Waals surface area contributed by atoms with Crippen LogP contribution in [-0.2, 0) is 9.47 Å². The van der Waals surface area contributed by atoms with Gasteiger partial charge in [0.2, 0.25) is 5.78 Å². The first-order valence-corrected chi connectivity index (χ1v) is 11.3. The highest BCUT2D eigenvalue weighted by molar-refractivity contribution is 6.33. The summed E-state index contributed by atoms with van der Waals surface area (Å²) in [4.78, 5) is 21.4. The van der Waals surface area contributed by atoms with E-state index in [-0.39, 0.29) is 34.7 Å². The first kappa shape index (κ1) is 23.4. The number of ketones is 1. The van der Waals surface area contributed by atoms with E-state index in [1.165, 1.54) is 12.1 Å². The van der Waals surface area contributed by atoms with Crippen molar-refractivity contribution in [2.75, 3.05) is 6.61 Å². The Balaban J connectivity index is 1.67. The largest absolute Gasteiger partial charge is 0.506 e. The molecule has 0 amide bonds. The molecule has 7 nitrogen and oxygen atoms in total. The zero-order chi connectivity index (χ0) is 25.4. The highest BCUT2D eigenvalue weighted by Crippen LogP contribution is 2.36. The normalized spacial score (nSPS) is 17.6. The third-order valence-electron chi connectivity index (χ3n) is 5.98. The van der Waals surface area contributed by atoms with Gasteiger partial charge in [-0.15, -0.1) is 0 Å². The van der Waals surface area contributed by atoms with E-state index in [0.717, 1.165) is 0 Å². The van der Waals surface area contributed by atoms with Crippen LogP contribution < -0.4 is 0 Å². The monoisotopic (exact) mass is 483 g/mol. The summed E-state index contributed by atoms with van der Waals surface area (Å²) in [5.74, 6) is -2.76. The Hall–Kier alpha value is -4.32. The van der Waals surface area contributed by atoms with E-state index in [2.05, 4.69) is 9.97 Å². The third-order valence-corrected chi connectivity index (χ3v) is 5.98. The molecule has 4 aromatic rings. The van der Waals surface area contributed by atoms with Crippen LogP contribution in [0.4, 0.5) is 4.39 Å². The molecular weight excluding hydrogens is 461 g/mol. The van der Waals surface area contributed by atoms with Gasteiger partial charge in [0.05, 0.1) is 34.8 Å². The molecule has 1 fully saturated rings. The van der Waals surface area contributed by atoms with Crippen molar-refractivity contribution < 1.29 is 23.8 Å². The number of aromatic amines is 1. The number of rotatable bonds is 5. The predicted octanol–water partition coefficient (Wildman–Crippen LogP) is 5.71. The zero-order valence-electron chi connectivity index (χ0n) is 19.6. The number of aromatic nitrogens is 2. The third kappa shape index (κ3) is 4.26. The van der Waals surface area contributed by atoms with Gasteiger partial charge in [0, 0.05) is 11.1 Å². The number of H-pyrrole nitrogens is 1. The summed E-state index contributed by atoms with van der Waals surface area (Å²) in [6.07, 6.45) is -0.688. The Labute approximate surface area is 206 Å². The van der Waals surface area contributed by atoms with Gasteiger partial charge >= 0.3 is 0 Å². The van der Waals surface area contributed by atoms with Gasteiger partial charge in [-0.25, -0.2) is 9.37 Å². The molecule has 1 aromatic heterocycles. The number of allylic oxidation sites excluding steroid dienone is 1. The second-order valence-corrected chi connectivity index (χ2v) is 8.87. The van der Waals surface area contributed by atoms with E-state index in [9.17, 15) is 15.2 Å². The molecule has 1 aliphatic rings. The number of fused-ring (bicyclic) bond motifs is 1. The maximum absolute atomic E-state index is 15.8. The molecule has 3 aromatic carbocycles. The number of nitrogens with zero attached hydrogens (tertiary/aromatic N) is 2. The number of halogens is 1. The molecule has 1 atom stereocenters. The number of imidazole rings is 1. The first-order chi connectivity index (χ1) is 17.3. The molecule has 0 radical (unpaired) electrons. The van der Waals surface area contributed by atoms with Gasteiger partial charge in [0.15, 0.2) is 5.79 Å². The summed E-state index contributed by atoms with van der Waals surface area (Å²) in [6.45, 7) is 3.60. The maximum Gasteiger partial charge on any atom is 0.203 e. The summed E-state index contributed by atoms with van der Waals surface area (Å²) in [5, 5.41) is 20.6. The molecule has 2 N–H and O–H groups in total. The van der Waals surface area contributed by atoms with Crippen molar-refractivity contribution in [3.63, 3.8) is 0 Å². The molecule has 2 heterocycles. The second-order valence-electron chi connectivity index (χ2n) is 8.87. The van der Waals surface area contributed by atoms with Crippen LogP contribution in [0.3, 0.4) is 0 Å². The smallest absolute Gasteiger partial charge is 0.203 e. The number of carbonyl (C=O) groups is 1. The lowest BCUT2D eigenvalue weighted by molar-refractivity contribution is -0.139. The molecule has 8 heteroatoms. The molecule has 1 aliphatic heterocycles. The summed E-state index contributed by atoms with van der Waals surface area (Å²) in [7, 11) is 0. The Morgan fingerprint density at radius 3 is 2.67 bits per heavy atom. The van der Waals surface area contributed by atoms with Crippen LogP contribution in [0, 0.1) is 17.1 Å². The molecule has 0 spiro atoms. The lowest BCUT2D eigenvalue weighted by Crippen LogP contribution is -2.20. The molecule has 0 bridgehead atoms. The number of hydrogen-bond acceptors (Lipinski definition) is 6. The maximum atomic E-state index is 15.8. The van der Waals surface area contributed by atoms with Crippen molar-refractivity contribution in [1.82, 2.24) is 9.97 Å². The van der Waals surface area contributed by atoms with Gasteiger partial charge in [0.25, 0.3) is 0 Å². The Morgan fingerprint density at radius 2 is 1.94 bits per heavy atom. The van der Waals surface area contributed by atoms with E-state index in [1.807, 2.05) is 6.07 Å². The highest BCUT2D eigenvalue weighted by atomic mass is 19.1. The number of para-hydroxylation sites is 2. The molecular formula is C28H22FN3O4. The highest BCUT2D eigenvalue weighted by Gasteiger charge is 2.36. The fourth-order valence-corrected chi connectivity index (χ4v) is 4.23. The molecule has 0 saturated carbocycles. The van der Waals surface area contributed by atoms with E-state index >= 15 is 4.39 Å². The molecule has 36 heavy (non-hydrogen) atoms. The van der Waals surface area contributed by atoms with Crippen LogP contribution in [0.15, 0.2) is 66.7 Å². The lowest BCUT2D eigenvalue weighted by Gasteiger charge is -2.18. The van der Waals surface area contributed by atoms with E-state index in [1.54, 1.807) is 68.4 Å². The van der Waals surface area contributed by atoms with Crippen LogP contribution in [-0.4, -0.2) is 33.3 Å². The predicted molar refractivity (Wildman–Crippen MR) is 131 cm³/mol. The number of Topliss-reactive ketones (excluding diaryl/α,β-unsaturated/α-hetero) is 1. The second kappa shape index (κ2) is 9.04. The zero-order valence-corrected chi connectivity index (χ0v) is 19.6. The number of hydrogen-bond donors (Lipinski definition) is 2. The van der Waals surface area contributed by atoms with Gasteiger partial charge in [-0.05, 0) is 44.2 Å². The van der Waals surface area contributed by atoms with Gasteiger partial charge in [-0.2, -0.15) is 5.26 Å². The number of aliphatic hydroxyl groups excluding tert-OH is 1. The van der Waals surface area contributed by atoms with Crippen LogP contribution in [0.1, 0.15) is 52.8 Å². The average molecular weight is 483 g/mol. The minimum absolute atomic E-state index is 0.0763. The summed E-state index contributed by atoms with van der Waals surface area (Å²) in [6, 6.07) is 19.8. The Kier molecular flexibility index (Phi) is 5.88. The minimum Gasteiger partial charge on any atom is -0.506 e. The summed E-state index contributed by atoms with van der Waals surface area (Å²) >= 11 is 0. The van der Waals surface area contributed by atoms with Gasteiger partial charge in [-0.3, -0.25) is 4.79 Å². The average Bonchev–Trinajstić information content (AvgIpc) is 3.46. The number of nitriles is 1. The van der Waals surface area contributed by atoms with Crippen molar-refractivity contribution in [3.05, 3.63) is 101 Å². The van der Waals surface area contributed by atoms with Crippen LogP contribution in [0.2, 0.25) is 0 Å². The van der Waals surface area contributed by atoms with Crippen molar-refractivity contribution in [3.8, 4) is 6.07 Å². The van der Waals surface area contributed by atoms with E-state index < -0.39 is 29.3 Å². The minimum atomic E-state index is -0.875. The van der Waals surface area contributed by atoms with Crippen molar-refractivity contribution in [1.29, 1.82) is 5.26 Å². The van der Waals surface area contributed by atoms with Gasteiger partial charge < -0.3 is 19.6 Å². The van der Waals surface area contributed by atoms with Gasteiger partial charge in [-0.1, -0.05) is 36.4 Å². The van der Waals surface area contributed by atoms with Crippen LogP contribution in [0.5, 0.6) is 0 Å². The van der Waals surface area contributed by atoms with Gasteiger partial charge in [0.1, 0.15) is 29.1 Å². The van der Waals surface area contributed by atoms with E-state index in [0.29, 0.717) is 16.6 Å². The summed E-state index contributed by atoms with van der Waals surface area (Å²) in [5.41, 5.74) is 1.45. The van der Waals surface area contributed by atoms with Crippen LogP contribution in [0.25, 0.3) is 22.4 Å². The number of ether oxygens (including phenoxy) is 2. The SMILES string of the molecule is CC1(C)OC[C@@H](c2cccc(C(=O)C(=C(O)c3cccc(C#N)c3)c3nc4ccccc4[nH]3)c2F)O1. The van der Waals surface area contributed by atoms with Crippen molar-refractivity contribution >= 4 is 28.1 Å². The Morgan fingerprint density at radius 1 is 1.17 bits per heavy atom. The lowest BCUT2D eigenvalue weighted by atomic mass is 9.95. The topological polar surface area (TPSA) is 108 Å². The van der Waals surface area contributed by atoms with E-state index in [4.69, 9.17) is 9.47 Å². The quantitative estimate of drug-likeness (QED) is 0.214. The molecule has 0 aliphatic carbocycles. The van der Waals surface area contributed by atoms with Crippen molar-refractivity contribution in [2.24, 2.45) is 0 Å². The Bertz CT molecular complexity index is 1530. The summed E-state index contributed by atoms with van der Waals surface area (Å²) < 4.78 is 27.1. The molecule has 1 saturated heterocycles. The molecule has 5 rings (SSSR count). The molecule has 0 unspecified atom stereocenters. The number of aliphatic hydroxyl groups is 1. The standard InChI is InChI=1S/C28H22FN3O4/c1-28(2)35-15-22(36-28)18-9-6-10-19(24(18)29)26(34)23(25(33)17-8-5-7-16(13-17)14-30)27-31-20-11-3-4-12-21(20)32-27/h3-13,22,33H,15H2,1-2H3,(H,31,32)/t22-/m0/s1.